The lowest BCUT2D eigenvalue weighted by Crippen LogP contribution is -2.56. The Labute approximate surface area is 143 Å². The van der Waals surface area contributed by atoms with E-state index in [1.807, 2.05) is 30.3 Å². The maximum absolute atomic E-state index is 12.6. The maximum atomic E-state index is 12.6. The number of nitrogens with one attached hydrogen (secondary N) is 2. The third kappa shape index (κ3) is 4.24. The van der Waals surface area contributed by atoms with Crippen molar-refractivity contribution in [3.8, 4) is 0 Å². The van der Waals surface area contributed by atoms with E-state index in [0.717, 1.165) is 50.9 Å². The molecular weight excluding hydrogens is 314 g/mol. The van der Waals surface area contributed by atoms with Crippen LogP contribution in [0.3, 0.4) is 0 Å². The van der Waals surface area contributed by atoms with Gasteiger partial charge in [-0.1, -0.05) is 24.6 Å². The van der Waals surface area contributed by atoms with Gasteiger partial charge in [-0.25, -0.2) is 0 Å². The number of nitrogens with zero attached hydrogens (tertiary/aromatic N) is 1. The molecule has 2 saturated heterocycles. The molecule has 23 heavy (non-hydrogen) atoms. The van der Waals surface area contributed by atoms with Crippen molar-refractivity contribution in [2.45, 2.75) is 44.2 Å². The number of rotatable bonds is 3. The summed E-state index contributed by atoms with van der Waals surface area (Å²) in [6.45, 7) is 1.60. The fourth-order valence-corrected chi connectivity index (χ4v) is 3.22. The van der Waals surface area contributed by atoms with Crippen molar-refractivity contribution in [3.63, 3.8) is 0 Å². The molecule has 1 aromatic rings. The molecule has 2 aliphatic heterocycles. The van der Waals surface area contributed by atoms with Crippen LogP contribution in [0, 0.1) is 0 Å². The molecule has 0 saturated carbocycles. The smallest absolute Gasteiger partial charge is 0.249 e. The highest BCUT2D eigenvalue weighted by Crippen LogP contribution is 2.21. The standard InChI is InChI=1S/C17H23N3O2.ClH/c21-16(14-9-4-5-11-18-14)19-15-10-6-12-20(17(15)22)13-7-2-1-3-8-13;/h1-3,7-8,14-15,18H,4-6,9-12H2,(H,19,21);1H. The zero-order chi connectivity index (χ0) is 15.4. The maximum Gasteiger partial charge on any atom is 0.249 e. The fraction of sp³-hybridized carbons (Fsp3) is 0.529. The predicted molar refractivity (Wildman–Crippen MR) is 92.8 cm³/mol. The number of para-hydroxylation sites is 1. The van der Waals surface area contributed by atoms with Crippen molar-refractivity contribution in [2.75, 3.05) is 18.0 Å². The lowest BCUT2D eigenvalue weighted by Gasteiger charge is -2.33. The monoisotopic (exact) mass is 337 g/mol. The lowest BCUT2D eigenvalue weighted by molar-refractivity contribution is -0.129. The largest absolute Gasteiger partial charge is 0.343 e. The average Bonchev–Trinajstić information content (AvgIpc) is 2.58. The van der Waals surface area contributed by atoms with Crippen LogP contribution in [0.15, 0.2) is 30.3 Å². The molecule has 0 aliphatic carbocycles. The molecule has 0 radical (unpaired) electrons. The summed E-state index contributed by atoms with van der Waals surface area (Å²) in [5.41, 5.74) is 0.905. The zero-order valence-corrected chi connectivity index (χ0v) is 14.0. The molecule has 2 heterocycles. The molecule has 2 aliphatic rings. The van der Waals surface area contributed by atoms with Gasteiger partial charge >= 0.3 is 0 Å². The van der Waals surface area contributed by atoms with Crippen LogP contribution in [-0.4, -0.2) is 37.0 Å². The van der Waals surface area contributed by atoms with E-state index in [-0.39, 0.29) is 30.3 Å². The third-order valence-corrected chi connectivity index (χ3v) is 4.45. The second-order valence-electron chi connectivity index (χ2n) is 6.03. The molecule has 2 atom stereocenters. The number of amides is 2. The summed E-state index contributed by atoms with van der Waals surface area (Å²) in [7, 11) is 0. The average molecular weight is 338 g/mol. The van der Waals surface area contributed by atoms with Crippen molar-refractivity contribution < 1.29 is 9.59 Å². The van der Waals surface area contributed by atoms with E-state index < -0.39 is 6.04 Å². The van der Waals surface area contributed by atoms with Gasteiger partial charge in [0.15, 0.2) is 0 Å². The van der Waals surface area contributed by atoms with Gasteiger partial charge in [0.25, 0.3) is 0 Å². The minimum atomic E-state index is -0.398. The van der Waals surface area contributed by atoms with Gasteiger partial charge in [0, 0.05) is 12.2 Å². The van der Waals surface area contributed by atoms with Crippen LogP contribution < -0.4 is 15.5 Å². The molecule has 2 amide bonds. The number of benzene rings is 1. The second-order valence-corrected chi connectivity index (χ2v) is 6.03. The van der Waals surface area contributed by atoms with Gasteiger partial charge in [0.2, 0.25) is 11.8 Å². The normalized spacial score (nSPS) is 24.7. The Balaban J connectivity index is 0.00000192. The Morgan fingerprint density at radius 1 is 1.13 bits per heavy atom. The Morgan fingerprint density at radius 3 is 2.61 bits per heavy atom. The van der Waals surface area contributed by atoms with E-state index in [0.29, 0.717) is 0 Å². The molecule has 0 bridgehead atoms. The summed E-state index contributed by atoms with van der Waals surface area (Å²) in [6.07, 6.45) is 4.67. The van der Waals surface area contributed by atoms with Crippen molar-refractivity contribution in [1.82, 2.24) is 10.6 Å². The predicted octanol–water partition coefficient (Wildman–Crippen LogP) is 1.86. The number of hydrogen-bond donors (Lipinski definition) is 2. The lowest BCUT2D eigenvalue weighted by atomic mass is 10.0. The van der Waals surface area contributed by atoms with Crippen LogP contribution in [0.25, 0.3) is 0 Å². The first-order valence-corrected chi connectivity index (χ1v) is 8.16. The van der Waals surface area contributed by atoms with E-state index in [4.69, 9.17) is 0 Å². The van der Waals surface area contributed by atoms with Gasteiger partial charge in [0.05, 0.1) is 6.04 Å². The summed E-state index contributed by atoms with van der Waals surface area (Å²) in [5.74, 6) is -0.0328. The van der Waals surface area contributed by atoms with Crippen LogP contribution in [0.2, 0.25) is 0 Å². The molecule has 1 aromatic carbocycles. The molecule has 3 rings (SSSR count). The minimum absolute atomic E-state index is 0. The van der Waals surface area contributed by atoms with Crippen molar-refractivity contribution in [2.24, 2.45) is 0 Å². The van der Waals surface area contributed by atoms with Gasteiger partial charge in [0.1, 0.15) is 6.04 Å². The number of carbonyl (C=O) groups is 2. The highest BCUT2D eigenvalue weighted by atomic mass is 35.5. The summed E-state index contributed by atoms with van der Waals surface area (Å²) >= 11 is 0. The minimum Gasteiger partial charge on any atom is -0.343 e. The molecule has 2 N–H and O–H groups in total. The van der Waals surface area contributed by atoms with E-state index >= 15 is 0 Å². The molecule has 0 aromatic heterocycles. The molecule has 0 spiro atoms. The van der Waals surface area contributed by atoms with Gasteiger partial charge in [-0.15, -0.1) is 12.4 Å². The Kier molecular flexibility index (Phi) is 6.42. The van der Waals surface area contributed by atoms with Gasteiger partial charge in [-0.2, -0.15) is 0 Å². The molecular formula is C17H24ClN3O2. The zero-order valence-electron chi connectivity index (χ0n) is 13.2. The van der Waals surface area contributed by atoms with Gasteiger partial charge in [-0.05, 0) is 44.4 Å². The van der Waals surface area contributed by atoms with E-state index in [1.54, 1.807) is 4.90 Å². The SMILES string of the molecule is Cl.O=C(NC1CCCN(c2ccccc2)C1=O)C1CCCCN1. The van der Waals surface area contributed by atoms with E-state index in [9.17, 15) is 9.59 Å². The first-order valence-electron chi connectivity index (χ1n) is 8.16. The number of hydrogen-bond acceptors (Lipinski definition) is 3. The quantitative estimate of drug-likeness (QED) is 0.885. The summed E-state index contributed by atoms with van der Waals surface area (Å²) in [4.78, 5) is 26.7. The number of carbonyl (C=O) groups excluding carboxylic acids is 2. The van der Waals surface area contributed by atoms with Crippen molar-refractivity contribution in [1.29, 1.82) is 0 Å². The molecule has 6 heteroatoms. The number of anilines is 1. The third-order valence-electron chi connectivity index (χ3n) is 4.45. The highest BCUT2D eigenvalue weighted by Gasteiger charge is 2.32. The van der Waals surface area contributed by atoms with Crippen LogP contribution in [0.5, 0.6) is 0 Å². The van der Waals surface area contributed by atoms with Crippen LogP contribution >= 0.6 is 12.4 Å². The van der Waals surface area contributed by atoms with E-state index in [1.165, 1.54) is 0 Å². The Bertz CT molecular complexity index is 532. The first kappa shape index (κ1) is 17.8. The van der Waals surface area contributed by atoms with Crippen LogP contribution in [0.1, 0.15) is 32.1 Å². The molecule has 126 valence electrons. The fourth-order valence-electron chi connectivity index (χ4n) is 3.22. The summed E-state index contributed by atoms with van der Waals surface area (Å²) in [5, 5.41) is 6.17. The second kappa shape index (κ2) is 8.31. The Hall–Kier alpha value is -1.59. The summed E-state index contributed by atoms with van der Waals surface area (Å²) < 4.78 is 0. The number of halogens is 1. The summed E-state index contributed by atoms with van der Waals surface area (Å²) in [6, 6.07) is 9.12. The van der Waals surface area contributed by atoms with Crippen molar-refractivity contribution >= 4 is 29.9 Å². The van der Waals surface area contributed by atoms with E-state index in [2.05, 4.69) is 10.6 Å². The van der Waals surface area contributed by atoms with Crippen LogP contribution in [-0.2, 0) is 9.59 Å². The molecule has 5 nitrogen and oxygen atoms in total. The molecule has 2 fully saturated rings. The van der Waals surface area contributed by atoms with Gasteiger partial charge < -0.3 is 15.5 Å². The topological polar surface area (TPSA) is 61.4 Å². The highest BCUT2D eigenvalue weighted by molar-refractivity contribution is 6.00. The van der Waals surface area contributed by atoms with Gasteiger partial charge in [-0.3, -0.25) is 9.59 Å². The van der Waals surface area contributed by atoms with Crippen LogP contribution in [0.4, 0.5) is 5.69 Å². The number of piperidine rings is 2. The first-order chi connectivity index (χ1) is 10.8. The van der Waals surface area contributed by atoms with Crippen molar-refractivity contribution in [3.05, 3.63) is 30.3 Å². The molecule has 2 unspecified atom stereocenters. The Morgan fingerprint density at radius 2 is 1.91 bits per heavy atom.